The Labute approximate surface area is 100 Å². The molecule has 0 unspecified atom stereocenters. The number of nitrogens with two attached hydrogens (primary N) is 1. The zero-order valence-corrected chi connectivity index (χ0v) is 10.3. The summed E-state index contributed by atoms with van der Waals surface area (Å²) in [7, 11) is 0. The predicted molar refractivity (Wildman–Crippen MR) is 33.8 cm³/mol. The maximum Gasteiger partial charge on any atom is 0 e. The van der Waals surface area contributed by atoms with Gasteiger partial charge in [-0.15, -0.1) is 0 Å². The second kappa shape index (κ2) is 16.6. The normalized spacial score (nSPS) is 5.70. The first-order chi connectivity index (χ1) is 3.27. The van der Waals surface area contributed by atoms with Crippen molar-refractivity contribution in [3.05, 3.63) is 19.5 Å². The van der Waals surface area contributed by atoms with Gasteiger partial charge in [-0.05, 0) is 0 Å². The van der Waals surface area contributed by atoms with Gasteiger partial charge in [-0.3, -0.25) is 0 Å². The molecule has 0 atom stereocenters. The maximum atomic E-state index is 9.92. The van der Waals surface area contributed by atoms with E-state index in [1.807, 2.05) is 6.92 Å². The smallest absolute Gasteiger partial charge is 0 e. The number of carbonyl (C=O) groups is 1. The van der Waals surface area contributed by atoms with E-state index in [0.717, 1.165) is 12.8 Å². The molecule has 0 aromatic carbocycles. The van der Waals surface area contributed by atoms with E-state index in [0.29, 0.717) is 0 Å². The Kier molecular flexibility index (Phi) is 37.2. The van der Waals surface area contributed by atoms with Crippen molar-refractivity contribution >= 4 is 5.78 Å². The zero-order chi connectivity index (χ0) is 5.70. The molecular weight excluding hydrogens is 242 g/mol. The van der Waals surface area contributed by atoms with Crippen LogP contribution in [0.4, 0.5) is 0 Å². The summed E-state index contributed by atoms with van der Waals surface area (Å²) < 4.78 is 0. The summed E-state index contributed by atoms with van der Waals surface area (Å²) in [6, 6.07) is 0. The number of carbonyl (C=O) groups excluding carboxylic acids is 1. The number of rotatable bonds is 3. The van der Waals surface area contributed by atoms with Crippen LogP contribution in [0.25, 0.3) is 6.15 Å². The fraction of sp³-hybridized carbons (Fsp3) is 0.500. The van der Waals surface area contributed by atoms with Crippen LogP contribution in [0.1, 0.15) is 19.8 Å². The van der Waals surface area contributed by atoms with Crippen molar-refractivity contribution in [1.82, 2.24) is 0 Å². The van der Waals surface area contributed by atoms with Gasteiger partial charge in [-0.2, -0.15) is 12.2 Å². The van der Waals surface area contributed by atoms with Crippen molar-refractivity contribution in [3.8, 4) is 0 Å². The summed E-state index contributed by atoms with van der Waals surface area (Å²) in [6.45, 7) is 6.78. The summed E-state index contributed by atoms with van der Waals surface area (Å²) in [6.07, 6.45) is 3.28. The van der Waals surface area contributed by atoms with Crippen LogP contribution in [0.3, 0.4) is 0 Å². The summed E-state index contributed by atoms with van der Waals surface area (Å²) in [5.74, 6) is -0.318. The minimum absolute atomic E-state index is 0. The minimum Gasteiger partial charge on any atom is -0.693 e. The fourth-order valence-electron chi connectivity index (χ4n) is 0.287. The van der Waals surface area contributed by atoms with Gasteiger partial charge in [0.15, 0.2) is 0 Å². The third-order valence-electron chi connectivity index (χ3n) is 0.634. The maximum absolute atomic E-state index is 9.92. The quantitative estimate of drug-likeness (QED) is 0.709. The van der Waals surface area contributed by atoms with Crippen LogP contribution < -0.4 is 0 Å². The molecule has 57 valence electrons. The van der Waals surface area contributed by atoms with Gasteiger partial charge >= 0.3 is 0 Å². The van der Waals surface area contributed by atoms with E-state index in [4.69, 9.17) is 6.92 Å². The molecule has 0 amide bonds. The van der Waals surface area contributed by atoms with Crippen molar-refractivity contribution in [3.63, 3.8) is 0 Å². The topological polar surface area (TPSA) is 50.6 Å². The Hall–Kier alpha value is 1.06. The van der Waals surface area contributed by atoms with E-state index in [-0.39, 0.29) is 63.2 Å². The van der Waals surface area contributed by atoms with Crippen LogP contribution in [-0.2, 0) is 56.1 Å². The zero-order valence-electron chi connectivity index (χ0n) is 6.08. The largest absolute Gasteiger partial charge is 0.693 e. The van der Waals surface area contributed by atoms with Crippen LogP contribution in [0.2, 0.25) is 0 Å². The van der Waals surface area contributed by atoms with Crippen molar-refractivity contribution in [2.75, 3.05) is 0 Å². The van der Waals surface area contributed by atoms with Gasteiger partial charge < -0.3 is 24.3 Å². The first kappa shape index (κ1) is 22.5. The van der Waals surface area contributed by atoms with E-state index in [1.165, 1.54) is 6.42 Å². The molecule has 0 spiro atoms. The molecule has 2 N–H and O–H groups in total. The number of unbranched alkanes of at least 4 members (excludes halogenated alkanes) is 1. The van der Waals surface area contributed by atoms with Gasteiger partial charge in [0.25, 0.3) is 0 Å². The van der Waals surface area contributed by atoms with Gasteiger partial charge in [-0.1, -0.05) is 13.3 Å². The Morgan fingerprint density at radius 2 is 2.00 bits per heavy atom. The van der Waals surface area contributed by atoms with Gasteiger partial charge in [0.2, 0.25) is 0 Å². The summed E-state index contributed by atoms with van der Waals surface area (Å²) in [5.41, 5.74) is 0. The molecule has 0 rings (SSSR count). The van der Waals surface area contributed by atoms with E-state index < -0.39 is 0 Å². The van der Waals surface area contributed by atoms with E-state index in [9.17, 15) is 4.79 Å². The van der Waals surface area contributed by atoms with Crippen LogP contribution in [0.5, 0.6) is 0 Å². The average molecular weight is 253 g/mol. The molecule has 4 heteroatoms. The van der Waals surface area contributed by atoms with Crippen molar-refractivity contribution in [2.24, 2.45) is 0 Å². The molecule has 0 bridgehead atoms. The van der Waals surface area contributed by atoms with E-state index >= 15 is 0 Å². The van der Waals surface area contributed by atoms with Gasteiger partial charge in [0.05, 0.1) is 0 Å². The molecule has 0 fully saturated rings. The van der Waals surface area contributed by atoms with E-state index in [2.05, 4.69) is 0 Å². The summed E-state index contributed by atoms with van der Waals surface area (Å²) in [4.78, 5) is 9.92. The number of hydrogen-bond acceptors (Lipinski definition) is 1. The molecule has 0 heterocycles. The standard InChI is InChI=1S/C6H9O.H2N.V.Y/c1-3-4-5-6(2)7;;;/h2,5H,3-4H2,1H3;1H2;;/q-2;-1;;. The first-order valence-electron chi connectivity index (χ1n) is 2.40. The van der Waals surface area contributed by atoms with Crippen LogP contribution >= 0.6 is 0 Å². The predicted octanol–water partition coefficient (Wildman–Crippen LogP) is 1.98. The van der Waals surface area contributed by atoms with Crippen LogP contribution in [0, 0.1) is 13.3 Å². The molecule has 0 aromatic rings. The number of hydrogen-bond donors (Lipinski definition) is 0. The Balaban J connectivity index is -0.0000000600. The molecule has 2 nitrogen and oxygen atoms in total. The van der Waals surface area contributed by atoms with Crippen LogP contribution in [-0.4, -0.2) is 5.78 Å². The Bertz CT molecular complexity index is 70.8. The molecule has 0 aliphatic rings. The average Bonchev–Trinajstić information content (AvgIpc) is 1.61. The van der Waals surface area contributed by atoms with Crippen molar-refractivity contribution < 1.29 is 56.1 Å². The molecule has 0 aliphatic carbocycles. The van der Waals surface area contributed by atoms with Gasteiger partial charge in [0.1, 0.15) is 0 Å². The summed E-state index contributed by atoms with van der Waals surface area (Å²) in [5, 5.41) is 0. The molecule has 10 heavy (non-hydrogen) atoms. The molecular formula is C6H11NOVY-3. The van der Waals surface area contributed by atoms with Crippen molar-refractivity contribution in [1.29, 1.82) is 0 Å². The molecule has 0 saturated carbocycles. The molecule has 0 aromatic heterocycles. The third-order valence-corrected chi connectivity index (χ3v) is 0.634. The van der Waals surface area contributed by atoms with Gasteiger partial charge in [-0.25, -0.2) is 0 Å². The Morgan fingerprint density at radius 3 is 2.10 bits per heavy atom. The minimum atomic E-state index is -0.318. The van der Waals surface area contributed by atoms with E-state index in [1.54, 1.807) is 0 Å². The third kappa shape index (κ3) is 23.0. The van der Waals surface area contributed by atoms with Gasteiger partial charge in [0, 0.05) is 51.3 Å². The summed E-state index contributed by atoms with van der Waals surface area (Å²) >= 11 is 0. The second-order valence-corrected chi connectivity index (χ2v) is 1.40. The van der Waals surface area contributed by atoms with Crippen molar-refractivity contribution in [2.45, 2.75) is 19.8 Å². The first-order valence-corrected chi connectivity index (χ1v) is 2.40. The molecule has 0 aliphatic heterocycles. The SMILES string of the molecule is [CH-]C(=O)[CH-]CCC.[NH2-].[V].[Y]. The number of Topliss-reactive ketones (excluding diaryl/α,β-unsaturated/α-hetero) is 1. The van der Waals surface area contributed by atoms with Crippen LogP contribution in [0.15, 0.2) is 0 Å². The second-order valence-electron chi connectivity index (χ2n) is 1.40. The number of ketones is 1. The molecule has 3 radical (unpaired) electrons. The Morgan fingerprint density at radius 1 is 1.60 bits per heavy atom. The molecule has 0 saturated heterocycles. The monoisotopic (exact) mass is 253 g/mol. The fourth-order valence-corrected chi connectivity index (χ4v) is 0.287.